The number of aliphatic hydroxyl groups is 2. The topological polar surface area (TPSA) is 61.7 Å². The lowest BCUT2D eigenvalue weighted by molar-refractivity contribution is -0.0878. The molecule has 4 heteroatoms. The van der Waals surface area contributed by atoms with Gasteiger partial charge in [0.05, 0.1) is 12.7 Å². The summed E-state index contributed by atoms with van der Waals surface area (Å²) in [7, 11) is 1.72. The van der Waals surface area contributed by atoms with Gasteiger partial charge < -0.3 is 14.9 Å². The van der Waals surface area contributed by atoms with Crippen LogP contribution in [0.4, 0.5) is 0 Å². The van der Waals surface area contributed by atoms with Crippen molar-refractivity contribution >= 4 is 0 Å². The van der Waals surface area contributed by atoms with Crippen LogP contribution in [0, 0.1) is 11.8 Å². The number of hydrogen-bond acceptors (Lipinski definition) is 4. The van der Waals surface area contributed by atoms with Gasteiger partial charge in [-0.1, -0.05) is 20.3 Å². The highest BCUT2D eigenvalue weighted by Gasteiger charge is 2.37. The lowest BCUT2D eigenvalue weighted by Crippen LogP contribution is -2.46. The number of rotatable bonds is 2. The first kappa shape index (κ1) is 11.9. The van der Waals surface area contributed by atoms with Crippen LogP contribution in [-0.4, -0.2) is 42.3 Å². The summed E-state index contributed by atoms with van der Waals surface area (Å²) in [5.74, 6) is 0.395. The van der Waals surface area contributed by atoms with Crippen molar-refractivity contribution in [2.45, 2.75) is 38.7 Å². The largest absolute Gasteiger partial charge is 0.390 e. The van der Waals surface area contributed by atoms with Crippen molar-refractivity contribution in [3.63, 3.8) is 0 Å². The number of likely N-dealkylation sites (N-methyl/N-ethyl adjacent to an activating group) is 1. The minimum Gasteiger partial charge on any atom is -0.390 e. The third kappa shape index (κ3) is 2.25. The van der Waals surface area contributed by atoms with Gasteiger partial charge in [-0.15, -0.1) is 0 Å². The fourth-order valence-electron chi connectivity index (χ4n) is 1.99. The number of ether oxygens (including phenoxy) is 1. The maximum absolute atomic E-state index is 9.86. The highest BCUT2D eigenvalue weighted by atomic mass is 16.5. The summed E-state index contributed by atoms with van der Waals surface area (Å²) < 4.78 is 5.49. The molecule has 4 nitrogen and oxygen atoms in total. The van der Waals surface area contributed by atoms with Crippen molar-refractivity contribution < 1.29 is 14.9 Å². The molecule has 0 aromatic rings. The molecule has 0 radical (unpaired) electrons. The van der Waals surface area contributed by atoms with E-state index in [2.05, 4.69) is 12.2 Å². The van der Waals surface area contributed by atoms with Gasteiger partial charge in [-0.2, -0.15) is 0 Å². The maximum Gasteiger partial charge on any atom is 0.136 e. The predicted molar refractivity (Wildman–Crippen MR) is 53.8 cm³/mol. The molecule has 5 unspecified atom stereocenters. The molecular weight excluding hydrogens is 182 g/mol. The molecule has 1 aliphatic rings. The lowest BCUT2D eigenvalue weighted by atomic mass is 9.86. The minimum atomic E-state index is -0.841. The van der Waals surface area contributed by atoms with E-state index in [1.54, 1.807) is 7.05 Å². The van der Waals surface area contributed by atoms with Crippen molar-refractivity contribution in [1.82, 2.24) is 5.32 Å². The summed E-state index contributed by atoms with van der Waals surface area (Å²) in [6.07, 6.45) is -1.04. The second-order valence-corrected chi connectivity index (χ2v) is 4.05. The standard InChI is InChI=1S/C10H21NO3/c1-4-7-5-14-10(11-3)9(13)8(12)6(7)2/h6-13H,4-5H2,1-3H3. The number of nitrogens with one attached hydrogen (secondary N) is 1. The third-order valence-electron chi connectivity index (χ3n) is 3.24. The molecule has 14 heavy (non-hydrogen) atoms. The predicted octanol–water partition coefficient (Wildman–Crippen LogP) is -0.0538. The molecule has 1 heterocycles. The first-order chi connectivity index (χ1) is 6.61. The fraction of sp³-hybridized carbons (Fsp3) is 1.00. The monoisotopic (exact) mass is 203 g/mol. The summed E-state index contributed by atoms with van der Waals surface area (Å²) >= 11 is 0. The van der Waals surface area contributed by atoms with Gasteiger partial charge in [-0.25, -0.2) is 0 Å². The number of hydrogen-bond donors (Lipinski definition) is 3. The Hall–Kier alpha value is -0.160. The zero-order valence-corrected chi connectivity index (χ0v) is 9.10. The summed E-state index contributed by atoms with van der Waals surface area (Å²) in [6, 6.07) is 0. The normalized spacial score (nSPS) is 44.8. The van der Waals surface area contributed by atoms with Crippen molar-refractivity contribution in [1.29, 1.82) is 0 Å². The van der Waals surface area contributed by atoms with E-state index in [9.17, 15) is 10.2 Å². The maximum atomic E-state index is 9.86. The Balaban J connectivity index is 2.71. The quantitative estimate of drug-likeness (QED) is 0.588. The highest BCUT2D eigenvalue weighted by Crippen LogP contribution is 2.26. The number of aliphatic hydroxyl groups excluding tert-OH is 2. The van der Waals surface area contributed by atoms with Crippen LogP contribution in [-0.2, 0) is 4.74 Å². The van der Waals surface area contributed by atoms with Crippen LogP contribution in [0.1, 0.15) is 20.3 Å². The molecule has 0 aromatic carbocycles. The van der Waals surface area contributed by atoms with Gasteiger partial charge in [-0.3, -0.25) is 5.32 Å². The van der Waals surface area contributed by atoms with Crippen LogP contribution < -0.4 is 5.32 Å². The zero-order valence-electron chi connectivity index (χ0n) is 9.10. The smallest absolute Gasteiger partial charge is 0.136 e. The molecule has 1 rings (SSSR count). The SMILES string of the molecule is CCC1COC(NC)C(O)C(O)C1C. The summed E-state index contributed by atoms with van der Waals surface area (Å²) in [6.45, 7) is 4.63. The molecule has 1 saturated heterocycles. The molecule has 0 saturated carbocycles. The molecule has 0 amide bonds. The van der Waals surface area contributed by atoms with E-state index in [1.807, 2.05) is 6.92 Å². The molecule has 5 atom stereocenters. The highest BCUT2D eigenvalue weighted by molar-refractivity contribution is 4.85. The Labute approximate surface area is 85.3 Å². The van der Waals surface area contributed by atoms with Crippen molar-refractivity contribution in [2.24, 2.45) is 11.8 Å². The summed E-state index contributed by atoms with van der Waals surface area (Å²) in [5, 5.41) is 22.5. The molecule has 0 aromatic heterocycles. The van der Waals surface area contributed by atoms with Crippen LogP contribution in [0.3, 0.4) is 0 Å². The van der Waals surface area contributed by atoms with Gasteiger partial charge in [0.2, 0.25) is 0 Å². The first-order valence-corrected chi connectivity index (χ1v) is 5.26. The Kier molecular flexibility index (Phi) is 4.31. The van der Waals surface area contributed by atoms with Gasteiger partial charge >= 0.3 is 0 Å². The molecule has 0 aliphatic carbocycles. The molecule has 1 fully saturated rings. The average Bonchev–Trinajstić information content (AvgIpc) is 2.30. The van der Waals surface area contributed by atoms with Crippen molar-refractivity contribution in [2.75, 3.05) is 13.7 Å². The van der Waals surface area contributed by atoms with Crippen LogP contribution in [0.25, 0.3) is 0 Å². The third-order valence-corrected chi connectivity index (χ3v) is 3.24. The summed E-state index contributed by atoms with van der Waals surface area (Å²) in [5.41, 5.74) is 0. The van der Waals surface area contributed by atoms with Crippen LogP contribution in [0.5, 0.6) is 0 Å². The molecule has 84 valence electrons. The summed E-state index contributed by atoms with van der Waals surface area (Å²) in [4.78, 5) is 0. The lowest BCUT2D eigenvalue weighted by Gasteiger charge is -2.26. The van der Waals surface area contributed by atoms with Crippen LogP contribution >= 0.6 is 0 Å². The first-order valence-electron chi connectivity index (χ1n) is 5.26. The second-order valence-electron chi connectivity index (χ2n) is 4.05. The van der Waals surface area contributed by atoms with Gasteiger partial charge in [0.25, 0.3) is 0 Å². The van der Waals surface area contributed by atoms with Crippen LogP contribution in [0.15, 0.2) is 0 Å². The van der Waals surface area contributed by atoms with Gasteiger partial charge in [0.1, 0.15) is 12.3 Å². The van der Waals surface area contributed by atoms with Crippen molar-refractivity contribution in [3.8, 4) is 0 Å². The van der Waals surface area contributed by atoms with Gasteiger partial charge in [0, 0.05) is 0 Å². The molecule has 0 spiro atoms. The van der Waals surface area contributed by atoms with E-state index in [1.165, 1.54) is 0 Å². The molecule has 1 aliphatic heterocycles. The van der Waals surface area contributed by atoms with E-state index in [0.717, 1.165) is 6.42 Å². The minimum absolute atomic E-state index is 0.0772. The van der Waals surface area contributed by atoms with Crippen LogP contribution in [0.2, 0.25) is 0 Å². The Morgan fingerprint density at radius 1 is 1.36 bits per heavy atom. The van der Waals surface area contributed by atoms with E-state index in [-0.39, 0.29) is 5.92 Å². The second kappa shape index (κ2) is 5.07. The average molecular weight is 203 g/mol. The molecular formula is C10H21NO3. The Bertz CT molecular complexity index is 159. The zero-order chi connectivity index (χ0) is 10.7. The van der Waals surface area contributed by atoms with E-state index < -0.39 is 18.4 Å². The van der Waals surface area contributed by atoms with E-state index in [4.69, 9.17) is 4.74 Å². The molecule has 0 bridgehead atoms. The van der Waals surface area contributed by atoms with Gasteiger partial charge in [0.15, 0.2) is 0 Å². The van der Waals surface area contributed by atoms with Crippen molar-refractivity contribution in [3.05, 3.63) is 0 Å². The van der Waals surface area contributed by atoms with Gasteiger partial charge in [-0.05, 0) is 18.9 Å². The fourth-order valence-corrected chi connectivity index (χ4v) is 1.99. The van der Waals surface area contributed by atoms with E-state index in [0.29, 0.717) is 12.5 Å². The molecule has 3 N–H and O–H groups in total. The van der Waals surface area contributed by atoms with E-state index >= 15 is 0 Å². The Morgan fingerprint density at radius 2 is 2.00 bits per heavy atom. The Morgan fingerprint density at radius 3 is 2.50 bits per heavy atom.